The van der Waals surface area contributed by atoms with Crippen LogP contribution in [0.3, 0.4) is 0 Å². The van der Waals surface area contributed by atoms with Gasteiger partial charge in [0.2, 0.25) is 0 Å². The Bertz CT molecular complexity index is 1080. The SMILES string of the molecule is O=C1C(=O)N(CCCN2CCOCC2)[C@@H](c2ccc(Cl)c(Cl)c2)/C1=C(\O)c1ccc(F)cc1. The molecule has 1 N–H and O–H groups in total. The second kappa shape index (κ2) is 10.2. The van der Waals surface area contributed by atoms with Gasteiger partial charge in [-0.25, -0.2) is 4.39 Å². The zero-order valence-electron chi connectivity index (χ0n) is 17.8. The number of likely N-dealkylation sites (tertiary alicyclic amines) is 1. The Morgan fingerprint density at radius 2 is 1.73 bits per heavy atom. The average molecular weight is 493 g/mol. The van der Waals surface area contributed by atoms with Crippen LogP contribution < -0.4 is 0 Å². The summed E-state index contributed by atoms with van der Waals surface area (Å²) in [4.78, 5) is 29.7. The number of aliphatic hydroxyl groups excluding tert-OH is 1. The standard InChI is InChI=1S/C24H23Cl2FN2O4/c25-18-7-4-16(14-19(18)26)21-20(22(30)15-2-5-17(27)6-3-15)23(31)24(32)29(21)9-1-8-28-10-12-33-13-11-28/h2-7,14,21,30H,1,8-13H2/b22-20+/t21-/m0/s1. The zero-order chi connectivity index (χ0) is 23.5. The predicted molar refractivity (Wildman–Crippen MR) is 124 cm³/mol. The van der Waals surface area contributed by atoms with Gasteiger partial charge < -0.3 is 14.7 Å². The highest BCUT2D eigenvalue weighted by atomic mass is 35.5. The van der Waals surface area contributed by atoms with Crippen LogP contribution in [0.2, 0.25) is 10.0 Å². The summed E-state index contributed by atoms with van der Waals surface area (Å²) in [5, 5.41) is 11.6. The van der Waals surface area contributed by atoms with E-state index in [-0.39, 0.29) is 21.9 Å². The maximum absolute atomic E-state index is 13.4. The minimum Gasteiger partial charge on any atom is -0.507 e. The summed E-state index contributed by atoms with van der Waals surface area (Å²) in [6.45, 7) is 4.04. The molecular formula is C24H23Cl2FN2O4. The van der Waals surface area contributed by atoms with Gasteiger partial charge >= 0.3 is 0 Å². The normalized spacial score (nSPS) is 21.1. The third-order valence-electron chi connectivity index (χ3n) is 5.89. The lowest BCUT2D eigenvalue weighted by Crippen LogP contribution is -2.38. The highest BCUT2D eigenvalue weighted by molar-refractivity contribution is 6.46. The summed E-state index contributed by atoms with van der Waals surface area (Å²) in [6.07, 6.45) is 0.640. The first-order valence-electron chi connectivity index (χ1n) is 10.7. The van der Waals surface area contributed by atoms with E-state index in [1.54, 1.807) is 18.2 Å². The lowest BCUT2D eigenvalue weighted by Gasteiger charge is -2.29. The smallest absolute Gasteiger partial charge is 0.295 e. The molecule has 6 nitrogen and oxygen atoms in total. The van der Waals surface area contributed by atoms with E-state index in [9.17, 15) is 19.1 Å². The number of carbonyl (C=O) groups excluding carboxylic acids is 2. The maximum atomic E-state index is 13.4. The van der Waals surface area contributed by atoms with Gasteiger partial charge in [-0.15, -0.1) is 0 Å². The van der Waals surface area contributed by atoms with Gasteiger partial charge in [-0.05, 0) is 48.4 Å². The van der Waals surface area contributed by atoms with Gasteiger partial charge in [-0.2, -0.15) is 0 Å². The molecule has 33 heavy (non-hydrogen) atoms. The minimum atomic E-state index is -0.838. The molecule has 1 amide bonds. The highest BCUT2D eigenvalue weighted by Gasteiger charge is 2.46. The fourth-order valence-corrected chi connectivity index (χ4v) is 4.50. The van der Waals surface area contributed by atoms with Crippen LogP contribution in [0, 0.1) is 5.82 Å². The summed E-state index contributed by atoms with van der Waals surface area (Å²) in [5.74, 6) is -2.33. The number of morpholine rings is 1. The molecule has 2 fully saturated rings. The summed E-state index contributed by atoms with van der Waals surface area (Å²) in [7, 11) is 0. The topological polar surface area (TPSA) is 70.1 Å². The van der Waals surface area contributed by atoms with Crippen LogP contribution in [0.5, 0.6) is 0 Å². The van der Waals surface area contributed by atoms with E-state index < -0.39 is 23.5 Å². The van der Waals surface area contributed by atoms with Gasteiger partial charge in [0.15, 0.2) is 0 Å². The fraction of sp³-hybridized carbons (Fsp3) is 0.333. The van der Waals surface area contributed by atoms with Gasteiger partial charge in [0.1, 0.15) is 11.6 Å². The van der Waals surface area contributed by atoms with Crippen molar-refractivity contribution < 1.29 is 23.8 Å². The van der Waals surface area contributed by atoms with Crippen molar-refractivity contribution in [1.29, 1.82) is 0 Å². The molecule has 1 atom stereocenters. The number of amides is 1. The third-order valence-corrected chi connectivity index (χ3v) is 6.63. The quantitative estimate of drug-likeness (QED) is 0.370. The molecule has 9 heteroatoms. The molecule has 2 aromatic carbocycles. The fourth-order valence-electron chi connectivity index (χ4n) is 4.19. The second-order valence-corrected chi connectivity index (χ2v) is 8.79. The van der Waals surface area contributed by atoms with Gasteiger partial charge in [-0.1, -0.05) is 29.3 Å². The number of hydrogen-bond donors (Lipinski definition) is 1. The number of ketones is 1. The van der Waals surface area contributed by atoms with Gasteiger partial charge in [-0.3, -0.25) is 14.5 Å². The molecule has 174 valence electrons. The van der Waals surface area contributed by atoms with Crippen molar-refractivity contribution >= 4 is 40.7 Å². The molecule has 0 bridgehead atoms. The molecule has 2 aliphatic heterocycles. The Labute approximate surface area is 201 Å². The van der Waals surface area contributed by atoms with Crippen LogP contribution >= 0.6 is 23.2 Å². The Morgan fingerprint density at radius 1 is 1.03 bits per heavy atom. The Morgan fingerprint density at radius 3 is 2.39 bits per heavy atom. The molecule has 0 radical (unpaired) electrons. The molecule has 0 aromatic heterocycles. The van der Waals surface area contributed by atoms with E-state index in [0.29, 0.717) is 36.8 Å². The summed E-state index contributed by atoms with van der Waals surface area (Å²) >= 11 is 12.3. The number of aliphatic hydroxyl groups is 1. The van der Waals surface area contributed by atoms with E-state index in [1.165, 1.54) is 29.2 Å². The number of hydrogen-bond acceptors (Lipinski definition) is 5. The van der Waals surface area contributed by atoms with Crippen molar-refractivity contribution in [3.63, 3.8) is 0 Å². The van der Waals surface area contributed by atoms with E-state index >= 15 is 0 Å². The highest BCUT2D eigenvalue weighted by Crippen LogP contribution is 2.41. The van der Waals surface area contributed by atoms with Crippen LogP contribution in [-0.2, 0) is 14.3 Å². The van der Waals surface area contributed by atoms with Crippen molar-refractivity contribution in [3.05, 3.63) is 75.0 Å². The number of Topliss-reactive ketones (excluding diaryl/α,β-unsaturated/α-hetero) is 1. The van der Waals surface area contributed by atoms with E-state index in [4.69, 9.17) is 27.9 Å². The van der Waals surface area contributed by atoms with Crippen molar-refractivity contribution in [3.8, 4) is 0 Å². The monoisotopic (exact) mass is 492 g/mol. The molecule has 0 aliphatic carbocycles. The molecule has 2 heterocycles. The molecule has 0 unspecified atom stereocenters. The maximum Gasteiger partial charge on any atom is 0.295 e. The number of carbonyl (C=O) groups is 2. The summed E-state index contributed by atoms with van der Waals surface area (Å²) in [5.41, 5.74) is 0.739. The van der Waals surface area contributed by atoms with Crippen molar-refractivity contribution in [2.75, 3.05) is 39.4 Å². The molecule has 0 saturated carbocycles. The molecule has 0 spiro atoms. The first-order valence-corrected chi connectivity index (χ1v) is 11.4. The van der Waals surface area contributed by atoms with E-state index in [0.717, 1.165) is 19.6 Å². The lowest BCUT2D eigenvalue weighted by molar-refractivity contribution is -0.140. The van der Waals surface area contributed by atoms with Crippen LogP contribution in [0.15, 0.2) is 48.0 Å². The van der Waals surface area contributed by atoms with Crippen LogP contribution in [0.4, 0.5) is 4.39 Å². The van der Waals surface area contributed by atoms with Crippen LogP contribution in [0.1, 0.15) is 23.6 Å². The van der Waals surface area contributed by atoms with Gasteiger partial charge in [0, 0.05) is 31.7 Å². The van der Waals surface area contributed by atoms with E-state index in [2.05, 4.69) is 4.90 Å². The second-order valence-electron chi connectivity index (χ2n) is 7.98. The molecule has 2 saturated heterocycles. The summed E-state index contributed by atoms with van der Waals surface area (Å²) < 4.78 is 18.7. The number of ether oxygens (including phenoxy) is 1. The average Bonchev–Trinajstić information content (AvgIpc) is 3.06. The first kappa shape index (κ1) is 23.7. The molecule has 2 aliphatic rings. The van der Waals surface area contributed by atoms with Crippen molar-refractivity contribution in [2.24, 2.45) is 0 Å². The van der Waals surface area contributed by atoms with Crippen LogP contribution in [0.25, 0.3) is 5.76 Å². The minimum absolute atomic E-state index is 0.0589. The Balaban J connectivity index is 1.69. The summed E-state index contributed by atoms with van der Waals surface area (Å²) in [6, 6.07) is 9.11. The van der Waals surface area contributed by atoms with Gasteiger partial charge in [0.25, 0.3) is 11.7 Å². The first-order chi connectivity index (χ1) is 15.9. The number of nitrogens with zero attached hydrogens (tertiary/aromatic N) is 2. The third kappa shape index (κ3) is 5.06. The lowest BCUT2D eigenvalue weighted by atomic mass is 9.95. The van der Waals surface area contributed by atoms with Crippen molar-refractivity contribution in [2.45, 2.75) is 12.5 Å². The number of benzene rings is 2. The number of rotatable bonds is 6. The Kier molecular flexibility index (Phi) is 7.34. The number of halogens is 3. The molecule has 4 rings (SSSR count). The largest absolute Gasteiger partial charge is 0.507 e. The zero-order valence-corrected chi connectivity index (χ0v) is 19.3. The predicted octanol–water partition coefficient (Wildman–Crippen LogP) is 4.28. The van der Waals surface area contributed by atoms with Gasteiger partial charge in [0.05, 0.1) is 34.9 Å². The van der Waals surface area contributed by atoms with Crippen molar-refractivity contribution in [1.82, 2.24) is 9.80 Å². The molecule has 2 aromatic rings. The Hall–Kier alpha value is -2.45. The molecular weight excluding hydrogens is 470 g/mol. The van der Waals surface area contributed by atoms with Crippen LogP contribution in [-0.4, -0.2) is 66.0 Å². The van der Waals surface area contributed by atoms with E-state index in [1.807, 2.05) is 0 Å².